The van der Waals surface area contributed by atoms with Crippen molar-refractivity contribution in [1.29, 1.82) is 0 Å². The number of nitrogens with two attached hydrogens (primary N) is 2. The first-order chi connectivity index (χ1) is 5.02. The van der Waals surface area contributed by atoms with E-state index in [1.54, 1.807) is 0 Å². The summed E-state index contributed by atoms with van der Waals surface area (Å²) in [6.45, 7) is 0. The first-order valence-corrected chi connectivity index (χ1v) is 3.78. The van der Waals surface area contributed by atoms with Gasteiger partial charge in [0.1, 0.15) is 0 Å². The van der Waals surface area contributed by atoms with Crippen LogP contribution in [0.5, 0.6) is 0 Å². The van der Waals surface area contributed by atoms with Crippen molar-refractivity contribution in [1.82, 2.24) is 0 Å². The van der Waals surface area contributed by atoms with Crippen LogP contribution >= 0.6 is 0 Å². The zero-order valence-corrected chi connectivity index (χ0v) is 6.42. The molecule has 4 heteroatoms. The second kappa shape index (κ2) is 2.79. The smallest absolute Gasteiger partial charge is 0.220 e. The predicted molar refractivity (Wildman–Crippen MR) is 40.6 cm³/mol. The van der Waals surface area contributed by atoms with Crippen molar-refractivity contribution in [2.75, 3.05) is 0 Å². The highest BCUT2D eigenvalue weighted by Crippen LogP contribution is 2.31. The van der Waals surface area contributed by atoms with Crippen LogP contribution < -0.4 is 11.5 Å². The van der Waals surface area contributed by atoms with Gasteiger partial charge in [-0.2, -0.15) is 0 Å². The Morgan fingerprint density at radius 3 is 2.73 bits per heavy atom. The van der Waals surface area contributed by atoms with E-state index in [9.17, 15) is 9.90 Å². The maximum absolute atomic E-state index is 10.5. The van der Waals surface area contributed by atoms with Gasteiger partial charge in [0.2, 0.25) is 5.91 Å². The van der Waals surface area contributed by atoms with E-state index in [2.05, 4.69) is 0 Å². The minimum atomic E-state index is -0.911. The van der Waals surface area contributed by atoms with Gasteiger partial charge < -0.3 is 16.6 Å². The van der Waals surface area contributed by atoms with E-state index in [-0.39, 0.29) is 12.5 Å². The van der Waals surface area contributed by atoms with Crippen LogP contribution in [0.3, 0.4) is 0 Å². The van der Waals surface area contributed by atoms with Crippen molar-refractivity contribution in [3.05, 3.63) is 0 Å². The molecule has 0 bridgehead atoms. The van der Waals surface area contributed by atoms with Gasteiger partial charge in [0.05, 0.1) is 12.0 Å². The standard InChI is InChI=1S/C7H14N2O2/c8-5-1-2-7(11,3-5)4-6(9)10/h5,11H,1-4,8H2,(H2,9,10). The zero-order chi connectivity index (χ0) is 8.48. The molecule has 0 heterocycles. The molecule has 0 radical (unpaired) electrons. The van der Waals surface area contributed by atoms with E-state index in [1.165, 1.54) is 0 Å². The Morgan fingerprint density at radius 2 is 2.36 bits per heavy atom. The van der Waals surface area contributed by atoms with E-state index < -0.39 is 11.5 Å². The van der Waals surface area contributed by atoms with Crippen molar-refractivity contribution in [2.24, 2.45) is 11.5 Å². The number of rotatable bonds is 2. The molecule has 1 fully saturated rings. The summed E-state index contributed by atoms with van der Waals surface area (Å²) in [4.78, 5) is 10.5. The molecule has 11 heavy (non-hydrogen) atoms. The number of aliphatic hydroxyl groups is 1. The second-order valence-electron chi connectivity index (χ2n) is 3.37. The molecule has 0 aromatic carbocycles. The number of carbonyl (C=O) groups is 1. The minimum absolute atomic E-state index is 0.0272. The SMILES string of the molecule is NC(=O)CC1(O)CCC(N)C1. The van der Waals surface area contributed by atoms with E-state index >= 15 is 0 Å². The van der Waals surface area contributed by atoms with Crippen LogP contribution in [0.25, 0.3) is 0 Å². The monoisotopic (exact) mass is 158 g/mol. The van der Waals surface area contributed by atoms with E-state index in [4.69, 9.17) is 11.5 Å². The molecule has 64 valence electrons. The fraction of sp³-hybridized carbons (Fsp3) is 0.857. The molecule has 5 N–H and O–H groups in total. The highest BCUT2D eigenvalue weighted by molar-refractivity contribution is 5.75. The molecule has 1 aliphatic rings. The summed E-state index contributed by atoms with van der Waals surface area (Å²) in [6, 6.07) is 0.0272. The van der Waals surface area contributed by atoms with Gasteiger partial charge in [-0.05, 0) is 19.3 Å². The maximum Gasteiger partial charge on any atom is 0.220 e. The van der Waals surface area contributed by atoms with Gasteiger partial charge in [-0.15, -0.1) is 0 Å². The molecule has 0 aliphatic heterocycles. The van der Waals surface area contributed by atoms with E-state index in [0.29, 0.717) is 12.8 Å². The lowest BCUT2D eigenvalue weighted by Crippen LogP contribution is -2.33. The van der Waals surface area contributed by atoms with Gasteiger partial charge in [0.25, 0.3) is 0 Å². The van der Waals surface area contributed by atoms with Crippen molar-refractivity contribution in [3.63, 3.8) is 0 Å². The first kappa shape index (κ1) is 8.49. The molecule has 0 saturated heterocycles. The molecule has 1 amide bonds. The normalized spacial score (nSPS) is 37.5. The lowest BCUT2D eigenvalue weighted by Gasteiger charge is -2.19. The van der Waals surface area contributed by atoms with E-state index in [0.717, 1.165) is 6.42 Å². The molecule has 1 aliphatic carbocycles. The Labute approximate surface area is 65.6 Å². The Morgan fingerprint density at radius 1 is 1.73 bits per heavy atom. The largest absolute Gasteiger partial charge is 0.389 e. The van der Waals surface area contributed by atoms with Crippen molar-refractivity contribution in [3.8, 4) is 0 Å². The van der Waals surface area contributed by atoms with Gasteiger partial charge in [-0.25, -0.2) is 0 Å². The van der Waals surface area contributed by atoms with Gasteiger partial charge in [-0.1, -0.05) is 0 Å². The third kappa shape index (κ3) is 2.17. The van der Waals surface area contributed by atoms with Crippen molar-refractivity contribution >= 4 is 5.91 Å². The average molecular weight is 158 g/mol. The average Bonchev–Trinajstić information content (AvgIpc) is 2.08. The lowest BCUT2D eigenvalue weighted by atomic mass is 9.97. The van der Waals surface area contributed by atoms with Crippen LogP contribution in [0.1, 0.15) is 25.7 Å². The number of primary amides is 1. The molecule has 2 atom stereocenters. The highest BCUT2D eigenvalue weighted by atomic mass is 16.3. The molecule has 0 aromatic rings. The molecule has 0 spiro atoms. The topological polar surface area (TPSA) is 89.3 Å². The predicted octanol–water partition coefficient (Wildman–Crippen LogP) is -0.896. The molecule has 1 saturated carbocycles. The number of carbonyl (C=O) groups excluding carboxylic acids is 1. The quantitative estimate of drug-likeness (QED) is 0.486. The van der Waals surface area contributed by atoms with Crippen LogP contribution in [0.4, 0.5) is 0 Å². The summed E-state index contributed by atoms with van der Waals surface area (Å²) >= 11 is 0. The Bertz CT molecular complexity index is 172. The molecule has 0 aromatic heterocycles. The third-order valence-electron chi connectivity index (χ3n) is 2.13. The molecule has 1 rings (SSSR count). The lowest BCUT2D eigenvalue weighted by molar-refractivity contribution is -0.122. The maximum atomic E-state index is 10.5. The number of hydrogen-bond donors (Lipinski definition) is 3. The van der Waals surface area contributed by atoms with Crippen LogP contribution in [-0.4, -0.2) is 22.7 Å². The second-order valence-corrected chi connectivity index (χ2v) is 3.37. The molecular weight excluding hydrogens is 144 g/mol. The Hall–Kier alpha value is -0.610. The molecule has 4 nitrogen and oxygen atoms in total. The first-order valence-electron chi connectivity index (χ1n) is 3.78. The molecular formula is C7H14N2O2. The summed E-state index contributed by atoms with van der Waals surface area (Å²) < 4.78 is 0. The summed E-state index contributed by atoms with van der Waals surface area (Å²) in [5, 5.41) is 9.65. The summed E-state index contributed by atoms with van der Waals surface area (Å²) in [7, 11) is 0. The van der Waals surface area contributed by atoms with Gasteiger partial charge in [0, 0.05) is 6.04 Å². The minimum Gasteiger partial charge on any atom is -0.389 e. The van der Waals surface area contributed by atoms with Crippen LogP contribution in [0.2, 0.25) is 0 Å². The van der Waals surface area contributed by atoms with Crippen molar-refractivity contribution < 1.29 is 9.90 Å². The summed E-state index contributed by atoms with van der Waals surface area (Å²) in [5.74, 6) is -0.457. The fourth-order valence-corrected chi connectivity index (χ4v) is 1.63. The molecule has 2 unspecified atom stereocenters. The van der Waals surface area contributed by atoms with Crippen LogP contribution in [-0.2, 0) is 4.79 Å². The fourth-order valence-electron chi connectivity index (χ4n) is 1.63. The van der Waals surface area contributed by atoms with E-state index in [1.807, 2.05) is 0 Å². The summed E-state index contributed by atoms with van der Waals surface area (Å²) in [6.07, 6.45) is 1.91. The van der Waals surface area contributed by atoms with Gasteiger partial charge in [0.15, 0.2) is 0 Å². The number of hydrogen-bond acceptors (Lipinski definition) is 3. The van der Waals surface area contributed by atoms with Gasteiger partial charge >= 0.3 is 0 Å². The Kier molecular flexibility index (Phi) is 2.15. The Balaban J connectivity index is 2.48. The zero-order valence-electron chi connectivity index (χ0n) is 6.42. The highest BCUT2D eigenvalue weighted by Gasteiger charge is 2.36. The van der Waals surface area contributed by atoms with Crippen LogP contribution in [0, 0.1) is 0 Å². The van der Waals surface area contributed by atoms with Crippen LogP contribution in [0.15, 0.2) is 0 Å². The number of amides is 1. The third-order valence-corrected chi connectivity index (χ3v) is 2.13. The van der Waals surface area contributed by atoms with Gasteiger partial charge in [-0.3, -0.25) is 4.79 Å². The van der Waals surface area contributed by atoms with Crippen molar-refractivity contribution in [2.45, 2.75) is 37.3 Å². The summed E-state index contributed by atoms with van der Waals surface area (Å²) in [5.41, 5.74) is 9.63.